The zero-order chi connectivity index (χ0) is 21.8. The fourth-order valence-electron chi connectivity index (χ4n) is 3.50. The van der Waals surface area contributed by atoms with Gasteiger partial charge in [-0.2, -0.15) is 5.26 Å². The predicted octanol–water partition coefficient (Wildman–Crippen LogP) is 3.74. The van der Waals surface area contributed by atoms with Crippen LogP contribution in [0.25, 0.3) is 11.1 Å². The van der Waals surface area contributed by atoms with Gasteiger partial charge in [-0.25, -0.2) is 4.79 Å². The Morgan fingerprint density at radius 3 is 2.50 bits per heavy atom. The molecule has 1 aliphatic rings. The number of hydrogen-bond donors (Lipinski definition) is 1. The molecule has 7 heteroatoms. The fraction of sp³-hybridized carbons (Fsp3) is 0.217. The number of carbonyl (C=O) groups excluding carboxylic acids is 1. The van der Waals surface area contributed by atoms with Crippen LogP contribution in [0.2, 0.25) is 0 Å². The molecule has 154 valence electrons. The van der Waals surface area contributed by atoms with Gasteiger partial charge in [0.1, 0.15) is 17.4 Å². The summed E-state index contributed by atoms with van der Waals surface area (Å²) >= 11 is 0. The van der Waals surface area contributed by atoms with Gasteiger partial charge in [0.05, 0.1) is 28.9 Å². The Balaban J connectivity index is 2.09. The maximum Gasteiger partial charge on any atom is 0.338 e. The summed E-state index contributed by atoms with van der Waals surface area (Å²) in [6.45, 7) is 3.54. The Kier molecular flexibility index (Phi) is 6.38. The average molecular weight is 423 g/mol. The molecular weight excluding hydrogens is 400 g/mol. The van der Waals surface area contributed by atoms with Gasteiger partial charge in [-0.05, 0) is 36.6 Å². The second-order valence-electron chi connectivity index (χ2n) is 6.69. The van der Waals surface area contributed by atoms with E-state index in [-0.39, 0.29) is 23.6 Å². The van der Waals surface area contributed by atoms with Crippen LogP contribution in [0.5, 0.6) is 0 Å². The van der Waals surface area contributed by atoms with E-state index in [2.05, 4.69) is 6.07 Å². The Labute approximate surface area is 178 Å². The molecule has 0 spiro atoms. The lowest BCUT2D eigenvalue weighted by atomic mass is 9.82. The number of allylic oxidation sites excluding steroid dienone is 2. The van der Waals surface area contributed by atoms with Gasteiger partial charge in [-0.1, -0.05) is 42.5 Å². The standard InChI is InChI=1S/C23H22N2O4S/c1-4-28-23(26)20-14(2)29-22(25)18(13-24)21(20)16-11-9-15(10-12-16)17-7-5-6-8-19(17)30(3)27/h5-12,21H,4,25H2,1-3H3. The molecule has 2 aromatic carbocycles. The minimum Gasteiger partial charge on any atom is -0.463 e. The van der Waals surface area contributed by atoms with Crippen LogP contribution in [0.1, 0.15) is 25.3 Å². The third-order valence-corrected chi connectivity index (χ3v) is 5.83. The normalized spacial score (nSPS) is 17.2. The van der Waals surface area contributed by atoms with Crippen molar-refractivity contribution in [1.29, 1.82) is 5.26 Å². The molecule has 0 saturated heterocycles. The molecule has 2 unspecified atom stereocenters. The SMILES string of the molecule is CCOC(=O)C1=C(C)OC(N)=C(C#N)C1c1ccc(-c2ccccc2S(C)=O)cc1. The highest BCUT2D eigenvalue weighted by Crippen LogP contribution is 2.40. The summed E-state index contributed by atoms with van der Waals surface area (Å²) in [6, 6.07) is 17.0. The Hall–Kier alpha value is -3.37. The van der Waals surface area contributed by atoms with E-state index in [1.54, 1.807) is 20.1 Å². The first-order valence-electron chi connectivity index (χ1n) is 9.37. The number of nitrogens with zero attached hydrogens (tertiary/aromatic N) is 1. The van der Waals surface area contributed by atoms with Crippen molar-refractivity contribution in [2.45, 2.75) is 24.7 Å². The number of nitrogens with two attached hydrogens (primary N) is 1. The molecule has 1 aliphatic heterocycles. The number of rotatable bonds is 5. The smallest absolute Gasteiger partial charge is 0.338 e. The van der Waals surface area contributed by atoms with Crippen LogP contribution >= 0.6 is 0 Å². The van der Waals surface area contributed by atoms with Crippen molar-refractivity contribution in [3.8, 4) is 17.2 Å². The molecule has 6 nitrogen and oxygen atoms in total. The van der Waals surface area contributed by atoms with Gasteiger partial charge in [0.15, 0.2) is 0 Å². The summed E-state index contributed by atoms with van der Waals surface area (Å²) < 4.78 is 22.7. The van der Waals surface area contributed by atoms with Crippen LogP contribution in [0.3, 0.4) is 0 Å². The molecule has 0 aliphatic carbocycles. The van der Waals surface area contributed by atoms with Gasteiger partial charge in [0.25, 0.3) is 0 Å². The average Bonchev–Trinajstić information content (AvgIpc) is 2.73. The maximum absolute atomic E-state index is 12.6. The Morgan fingerprint density at radius 2 is 1.90 bits per heavy atom. The molecule has 0 saturated carbocycles. The first kappa shape index (κ1) is 21.3. The second kappa shape index (κ2) is 8.97. The number of esters is 1. The maximum atomic E-state index is 12.6. The van der Waals surface area contributed by atoms with Crippen LogP contribution in [0, 0.1) is 11.3 Å². The third kappa shape index (κ3) is 4.00. The molecule has 30 heavy (non-hydrogen) atoms. The van der Waals surface area contributed by atoms with Gasteiger partial charge in [-0.3, -0.25) is 4.21 Å². The third-order valence-electron chi connectivity index (χ3n) is 4.85. The van der Waals surface area contributed by atoms with Gasteiger partial charge in [0, 0.05) is 11.2 Å². The molecule has 2 aromatic rings. The number of nitriles is 1. The highest BCUT2D eigenvalue weighted by atomic mass is 32.2. The number of carbonyl (C=O) groups is 1. The minimum absolute atomic E-state index is 0.0242. The Morgan fingerprint density at radius 1 is 1.23 bits per heavy atom. The second-order valence-corrected chi connectivity index (χ2v) is 8.04. The molecule has 1 heterocycles. The topological polar surface area (TPSA) is 102 Å². The van der Waals surface area contributed by atoms with E-state index in [4.69, 9.17) is 15.2 Å². The van der Waals surface area contributed by atoms with Crippen LogP contribution in [-0.4, -0.2) is 23.0 Å². The summed E-state index contributed by atoms with van der Waals surface area (Å²) in [4.78, 5) is 13.3. The lowest BCUT2D eigenvalue weighted by Crippen LogP contribution is -2.25. The first-order chi connectivity index (χ1) is 14.4. The molecule has 2 atom stereocenters. The lowest BCUT2D eigenvalue weighted by Gasteiger charge is -2.27. The number of hydrogen-bond acceptors (Lipinski definition) is 6. The van der Waals surface area contributed by atoms with Crippen molar-refractivity contribution in [2.75, 3.05) is 12.9 Å². The van der Waals surface area contributed by atoms with E-state index in [1.807, 2.05) is 48.5 Å². The van der Waals surface area contributed by atoms with E-state index in [0.717, 1.165) is 16.0 Å². The highest BCUT2D eigenvalue weighted by Gasteiger charge is 2.36. The van der Waals surface area contributed by atoms with Crippen molar-refractivity contribution in [2.24, 2.45) is 5.73 Å². The largest absolute Gasteiger partial charge is 0.463 e. The zero-order valence-corrected chi connectivity index (χ0v) is 17.8. The minimum atomic E-state index is -1.13. The molecule has 0 fully saturated rings. The quantitative estimate of drug-likeness (QED) is 0.737. The molecule has 0 aromatic heterocycles. The van der Waals surface area contributed by atoms with E-state index >= 15 is 0 Å². The molecule has 2 N–H and O–H groups in total. The van der Waals surface area contributed by atoms with Crippen molar-refractivity contribution < 1.29 is 18.5 Å². The fourth-order valence-corrected chi connectivity index (χ4v) is 4.26. The molecule has 0 radical (unpaired) electrons. The van der Waals surface area contributed by atoms with Gasteiger partial charge in [-0.15, -0.1) is 0 Å². The van der Waals surface area contributed by atoms with E-state index in [1.165, 1.54) is 0 Å². The van der Waals surface area contributed by atoms with Crippen LogP contribution in [0.15, 0.2) is 76.2 Å². The highest BCUT2D eigenvalue weighted by molar-refractivity contribution is 7.84. The van der Waals surface area contributed by atoms with Crippen LogP contribution in [-0.2, 0) is 25.1 Å². The number of benzene rings is 2. The monoisotopic (exact) mass is 422 g/mol. The lowest BCUT2D eigenvalue weighted by molar-refractivity contribution is -0.139. The summed E-state index contributed by atoms with van der Waals surface area (Å²) in [5.74, 6) is -0.946. The van der Waals surface area contributed by atoms with Gasteiger partial charge >= 0.3 is 5.97 Å². The summed E-state index contributed by atoms with van der Waals surface area (Å²) in [6.07, 6.45) is 1.64. The van der Waals surface area contributed by atoms with Crippen molar-refractivity contribution >= 4 is 16.8 Å². The number of ether oxygens (including phenoxy) is 2. The summed E-state index contributed by atoms with van der Waals surface area (Å²) in [5.41, 5.74) is 8.80. The van der Waals surface area contributed by atoms with Crippen molar-refractivity contribution in [3.63, 3.8) is 0 Å². The first-order valence-corrected chi connectivity index (χ1v) is 10.9. The van der Waals surface area contributed by atoms with Gasteiger partial charge < -0.3 is 15.2 Å². The van der Waals surface area contributed by atoms with Crippen LogP contribution < -0.4 is 5.73 Å². The predicted molar refractivity (Wildman–Crippen MR) is 114 cm³/mol. The molecule has 0 bridgehead atoms. The van der Waals surface area contributed by atoms with Gasteiger partial charge in [0.2, 0.25) is 5.88 Å². The van der Waals surface area contributed by atoms with E-state index in [0.29, 0.717) is 11.3 Å². The zero-order valence-electron chi connectivity index (χ0n) is 17.0. The summed E-state index contributed by atoms with van der Waals surface area (Å²) in [5, 5.41) is 9.66. The van der Waals surface area contributed by atoms with Crippen LogP contribution in [0.4, 0.5) is 0 Å². The molecule has 3 rings (SSSR count). The van der Waals surface area contributed by atoms with Crippen molar-refractivity contribution in [1.82, 2.24) is 0 Å². The Bertz CT molecular complexity index is 1110. The molecule has 0 amide bonds. The van der Waals surface area contributed by atoms with E-state index in [9.17, 15) is 14.3 Å². The van der Waals surface area contributed by atoms with Crippen molar-refractivity contribution in [3.05, 3.63) is 76.9 Å². The summed E-state index contributed by atoms with van der Waals surface area (Å²) in [7, 11) is -1.13. The molecular formula is C23H22N2O4S. The van der Waals surface area contributed by atoms with E-state index < -0.39 is 22.7 Å².